The maximum absolute atomic E-state index is 12.1. The minimum absolute atomic E-state index is 0.0167. The molecule has 0 bridgehead atoms. The van der Waals surface area contributed by atoms with Crippen LogP contribution < -0.4 is 16.0 Å². The monoisotopic (exact) mass is 423 g/mol. The second-order valence-corrected chi connectivity index (χ2v) is 7.24. The molecule has 0 aliphatic carbocycles. The Labute approximate surface area is 174 Å². The molecule has 6 nitrogen and oxygen atoms in total. The summed E-state index contributed by atoms with van der Waals surface area (Å²) in [4.78, 5) is 26.4. The molecule has 3 N–H and O–H groups in total. The van der Waals surface area contributed by atoms with Crippen LogP contribution in [0.4, 0.5) is 17.1 Å². The van der Waals surface area contributed by atoms with Gasteiger partial charge in [0.2, 0.25) is 0 Å². The molecule has 0 aliphatic rings. The van der Waals surface area contributed by atoms with Gasteiger partial charge in [0.1, 0.15) is 0 Å². The second kappa shape index (κ2) is 9.66. The highest BCUT2D eigenvalue weighted by atomic mass is 35.5. The molecule has 2 rings (SSSR count). The second-order valence-electron chi connectivity index (χ2n) is 6.40. The zero-order chi connectivity index (χ0) is 20.8. The summed E-state index contributed by atoms with van der Waals surface area (Å²) < 4.78 is 5.01. The lowest BCUT2D eigenvalue weighted by Gasteiger charge is -2.27. The van der Waals surface area contributed by atoms with Crippen LogP contribution in [0.5, 0.6) is 0 Å². The highest BCUT2D eigenvalue weighted by Gasteiger charge is 2.17. The van der Waals surface area contributed by atoms with Crippen molar-refractivity contribution >= 4 is 52.1 Å². The Morgan fingerprint density at radius 1 is 1.18 bits per heavy atom. The van der Waals surface area contributed by atoms with Crippen LogP contribution in [0.1, 0.15) is 31.1 Å². The van der Waals surface area contributed by atoms with Crippen molar-refractivity contribution in [2.75, 3.05) is 29.1 Å². The van der Waals surface area contributed by atoms with Gasteiger partial charge in [-0.15, -0.1) is 0 Å². The van der Waals surface area contributed by atoms with E-state index in [1.807, 2.05) is 12.1 Å². The molecule has 0 heterocycles. The first-order valence-electron chi connectivity index (χ1n) is 8.81. The number of nitrogens with two attached hydrogens (primary N) is 1. The standard InChI is InChI=1S/C20H23Cl2N3O3/c1-4-25(12(2)3)15-7-5-14(6-8-15)24-18(26)11-28-20(27)16-9-13(21)10-17(22)19(16)23/h5-10,12H,4,11,23H2,1-3H3,(H,24,26). The van der Waals surface area contributed by atoms with E-state index in [0.29, 0.717) is 11.7 Å². The van der Waals surface area contributed by atoms with Crippen LogP contribution in [-0.2, 0) is 9.53 Å². The number of esters is 1. The summed E-state index contributed by atoms with van der Waals surface area (Å²) in [6.07, 6.45) is 0. The zero-order valence-corrected chi connectivity index (χ0v) is 17.5. The molecule has 150 valence electrons. The van der Waals surface area contributed by atoms with Crippen LogP contribution in [0.2, 0.25) is 10.0 Å². The third kappa shape index (κ3) is 5.53. The summed E-state index contributed by atoms with van der Waals surface area (Å²) in [7, 11) is 0. The fraction of sp³-hybridized carbons (Fsp3) is 0.300. The smallest absolute Gasteiger partial charge is 0.340 e. The van der Waals surface area contributed by atoms with Gasteiger partial charge < -0.3 is 20.7 Å². The van der Waals surface area contributed by atoms with Gasteiger partial charge in [0, 0.05) is 29.0 Å². The Hall–Kier alpha value is -2.44. The number of nitrogens with zero attached hydrogens (tertiary/aromatic N) is 1. The fourth-order valence-corrected chi connectivity index (χ4v) is 3.24. The number of benzene rings is 2. The van der Waals surface area contributed by atoms with Crippen molar-refractivity contribution in [1.29, 1.82) is 0 Å². The van der Waals surface area contributed by atoms with Gasteiger partial charge in [-0.3, -0.25) is 4.79 Å². The van der Waals surface area contributed by atoms with Gasteiger partial charge in [-0.2, -0.15) is 0 Å². The molecule has 0 atom stereocenters. The molecule has 8 heteroatoms. The molecule has 2 aromatic carbocycles. The van der Waals surface area contributed by atoms with Crippen LogP contribution in [0, 0.1) is 0 Å². The Bertz CT molecular complexity index is 855. The average molecular weight is 424 g/mol. The van der Waals surface area contributed by atoms with Gasteiger partial charge in [0.15, 0.2) is 6.61 Å². The molecule has 0 aliphatic heterocycles. The Balaban J connectivity index is 1.95. The van der Waals surface area contributed by atoms with Crippen molar-refractivity contribution < 1.29 is 14.3 Å². The Morgan fingerprint density at radius 2 is 1.82 bits per heavy atom. The number of carbonyl (C=O) groups excluding carboxylic acids is 2. The molecule has 2 aromatic rings. The molecule has 0 unspecified atom stereocenters. The lowest BCUT2D eigenvalue weighted by Crippen LogP contribution is -2.30. The van der Waals surface area contributed by atoms with E-state index < -0.39 is 18.5 Å². The molecule has 0 radical (unpaired) electrons. The third-order valence-corrected chi connectivity index (χ3v) is 4.63. The molecule has 0 saturated carbocycles. The lowest BCUT2D eigenvalue weighted by atomic mass is 10.2. The molecule has 0 aromatic heterocycles. The average Bonchev–Trinajstić information content (AvgIpc) is 2.64. The van der Waals surface area contributed by atoms with E-state index in [9.17, 15) is 9.59 Å². The molecule has 1 amide bonds. The van der Waals surface area contributed by atoms with Crippen LogP contribution in [0.25, 0.3) is 0 Å². The number of nitrogens with one attached hydrogen (secondary N) is 1. The van der Waals surface area contributed by atoms with Crippen molar-refractivity contribution in [2.24, 2.45) is 0 Å². The van der Waals surface area contributed by atoms with Crippen molar-refractivity contribution in [3.05, 3.63) is 52.0 Å². The first-order chi connectivity index (χ1) is 13.2. The molecule has 28 heavy (non-hydrogen) atoms. The Morgan fingerprint density at radius 3 is 2.39 bits per heavy atom. The predicted molar refractivity (Wildman–Crippen MR) is 114 cm³/mol. The SMILES string of the molecule is CCN(c1ccc(NC(=O)COC(=O)c2cc(Cl)cc(Cl)c2N)cc1)C(C)C. The highest BCUT2D eigenvalue weighted by molar-refractivity contribution is 6.37. The lowest BCUT2D eigenvalue weighted by molar-refractivity contribution is -0.119. The first kappa shape index (κ1) is 21.9. The zero-order valence-electron chi connectivity index (χ0n) is 16.0. The van der Waals surface area contributed by atoms with E-state index in [1.165, 1.54) is 12.1 Å². The Kier molecular flexibility index (Phi) is 7.54. The van der Waals surface area contributed by atoms with E-state index in [-0.39, 0.29) is 21.3 Å². The third-order valence-electron chi connectivity index (χ3n) is 4.10. The summed E-state index contributed by atoms with van der Waals surface area (Å²) in [5.41, 5.74) is 7.50. The van der Waals surface area contributed by atoms with E-state index in [4.69, 9.17) is 33.7 Å². The largest absolute Gasteiger partial charge is 0.452 e. The number of anilines is 3. The summed E-state index contributed by atoms with van der Waals surface area (Å²) in [5.74, 6) is -1.24. The number of rotatable bonds is 7. The molecule has 0 spiro atoms. The maximum atomic E-state index is 12.1. The molecular formula is C20H23Cl2N3O3. The van der Waals surface area contributed by atoms with Crippen LogP contribution in [0.15, 0.2) is 36.4 Å². The summed E-state index contributed by atoms with van der Waals surface area (Å²) in [6, 6.07) is 10.6. The normalized spacial score (nSPS) is 10.6. The van der Waals surface area contributed by atoms with Gasteiger partial charge in [-0.05, 0) is 57.2 Å². The quantitative estimate of drug-likeness (QED) is 0.501. The summed E-state index contributed by atoms with van der Waals surface area (Å²) in [5, 5.41) is 3.07. The van der Waals surface area contributed by atoms with Crippen molar-refractivity contribution in [2.45, 2.75) is 26.8 Å². The van der Waals surface area contributed by atoms with E-state index >= 15 is 0 Å². The predicted octanol–water partition coefficient (Wildman–Crippen LogP) is 4.61. The van der Waals surface area contributed by atoms with Gasteiger partial charge in [-0.25, -0.2) is 4.79 Å². The van der Waals surface area contributed by atoms with Crippen molar-refractivity contribution in [3.8, 4) is 0 Å². The van der Waals surface area contributed by atoms with Gasteiger partial charge in [0.25, 0.3) is 5.91 Å². The van der Waals surface area contributed by atoms with Crippen LogP contribution in [0.3, 0.4) is 0 Å². The molecular weight excluding hydrogens is 401 g/mol. The van der Waals surface area contributed by atoms with E-state index in [0.717, 1.165) is 12.2 Å². The van der Waals surface area contributed by atoms with Gasteiger partial charge >= 0.3 is 5.97 Å². The minimum Gasteiger partial charge on any atom is -0.452 e. The van der Waals surface area contributed by atoms with E-state index in [1.54, 1.807) is 12.1 Å². The summed E-state index contributed by atoms with van der Waals surface area (Å²) in [6.45, 7) is 6.75. The summed E-state index contributed by atoms with van der Waals surface area (Å²) >= 11 is 11.8. The number of amides is 1. The highest BCUT2D eigenvalue weighted by Crippen LogP contribution is 2.28. The van der Waals surface area contributed by atoms with Gasteiger partial charge in [-0.1, -0.05) is 23.2 Å². The van der Waals surface area contributed by atoms with Crippen molar-refractivity contribution in [3.63, 3.8) is 0 Å². The van der Waals surface area contributed by atoms with Crippen LogP contribution in [-0.4, -0.2) is 31.1 Å². The number of carbonyl (C=O) groups is 2. The topological polar surface area (TPSA) is 84.7 Å². The number of hydrogen-bond donors (Lipinski definition) is 2. The number of nitrogen functional groups attached to an aromatic ring is 1. The molecule has 0 saturated heterocycles. The first-order valence-corrected chi connectivity index (χ1v) is 9.56. The van der Waals surface area contributed by atoms with Crippen molar-refractivity contribution in [1.82, 2.24) is 0 Å². The number of halogens is 2. The fourth-order valence-electron chi connectivity index (χ4n) is 2.74. The number of ether oxygens (including phenoxy) is 1. The van der Waals surface area contributed by atoms with Crippen LogP contribution >= 0.6 is 23.2 Å². The molecule has 0 fully saturated rings. The van der Waals surface area contributed by atoms with Gasteiger partial charge in [0.05, 0.1) is 16.3 Å². The minimum atomic E-state index is -0.775. The number of hydrogen-bond acceptors (Lipinski definition) is 5. The maximum Gasteiger partial charge on any atom is 0.340 e. The van der Waals surface area contributed by atoms with E-state index in [2.05, 4.69) is 31.0 Å².